The van der Waals surface area contributed by atoms with Crippen LogP contribution in [0, 0.1) is 5.82 Å². The van der Waals surface area contributed by atoms with Gasteiger partial charge in [-0.05, 0) is 48.5 Å². The highest BCUT2D eigenvalue weighted by molar-refractivity contribution is 6.30. The van der Waals surface area contributed by atoms with Gasteiger partial charge in [0.15, 0.2) is 0 Å². The number of hydrogen-bond acceptors (Lipinski definition) is 4. The van der Waals surface area contributed by atoms with Crippen LogP contribution in [0.3, 0.4) is 0 Å². The van der Waals surface area contributed by atoms with Gasteiger partial charge in [0.25, 0.3) is 0 Å². The Kier molecular flexibility index (Phi) is 4.95. The van der Waals surface area contributed by atoms with Gasteiger partial charge in [-0.3, -0.25) is 14.9 Å². The van der Waals surface area contributed by atoms with Crippen LogP contribution in [-0.2, 0) is 9.59 Å². The van der Waals surface area contributed by atoms with Gasteiger partial charge in [0.1, 0.15) is 11.9 Å². The fourth-order valence-corrected chi connectivity index (χ4v) is 2.36. The van der Waals surface area contributed by atoms with Crippen LogP contribution >= 0.6 is 11.6 Å². The zero-order valence-corrected chi connectivity index (χ0v) is 13.7. The van der Waals surface area contributed by atoms with Crippen LogP contribution in [0.1, 0.15) is 6.42 Å². The maximum Gasteiger partial charge on any atom is 0.249 e. The van der Waals surface area contributed by atoms with E-state index in [4.69, 9.17) is 11.6 Å². The van der Waals surface area contributed by atoms with E-state index in [1.54, 1.807) is 24.3 Å². The predicted molar refractivity (Wildman–Crippen MR) is 94.1 cm³/mol. The van der Waals surface area contributed by atoms with Crippen LogP contribution in [0.25, 0.3) is 0 Å². The second kappa shape index (κ2) is 7.31. The van der Waals surface area contributed by atoms with Gasteiger partial charge in [-0.15, -0.1) is 0 Å². The normalized spacial score (nSPS) is 16.6. The first-order chi connectivity index (χ1) is 12.0. The second-order valence-corrected chi connectivity index (χ2v) is 5.81. The third-order valence-electron chi connectivity index (χ3n) is 3.44. The minimum absolute atomic E-state index is 0.0615. The summed E-state index contributed by atoms with van der Waals surface area (Å²) in [6.07, 6.45) is -0.0615. The lowest BCUT2D eigenvalue weighted by atomic mass is 10.1. The minimum atomic E-state index is -0.868. The van der Waals surface area contributed by atoms with E-state index in [2.05, 4.69) is 20.9 Å². The summed E-state index contributed by atoms with van der Waals surface area (Å²) in [6.45, 7) is 0. The van der Waals surface area contributed by atoms with Crippen LogP contribution in [0.4, 0.5) is 15.8 Å². The summed E-state index contributed by atoms with van der Waals surface area (Å²) in [5.41, 5.74) is 1.10. The molecule has 8 heteroatoms. The molecule has 0 aliphatic carbocycles. The summed E-state index contributed by atoms with van der Waals surface area (Å²) in [5, 5.41) is 8.64. The van der Waals surface area contributed by atoms with E-state index in [0.29, 0.717) is 16.4 Å². The van der Waals surface area contributed by atoms with Gasteiger partial charge in [0.2, 0.25) is 17.8 Å². The third-order valence-corrected chi connectivity index (χ3v) is 3.69. The zero-order valence-electron chi connectivity index (χ0n) is 12.9. The molecular weight excluding hydrogens is 347 g/mol. The highest BCUT2D eigenvalue weighted by Gasteiger charge is 2.27. The van der Waals surface area contributed by atoms with Crippen molar-refractivity contribution < 1.29 is 14.0 Å². The van der Waals surface area contributed by atoms with E-state index in [0.717, 1.165) is 0 Å². The van der Waals surface area contributed by atoms with Gasteiger partial charge >= 0.3 is 0 Å². The van der Waals surface area contributed by atoms with Crippen LogP contribution in [0.15, 0.2) is 53.5 Å². The molecule has 1 aliphatic heterocycles. The Bertz CT molecular complexity index is 822. The SMILES string of the molecule is O=C1C[C@H](C(=O)Nc2ccc(Cl)cc2)N=C(Nc2ccc(F)cc2)N1. The molecule has 6 nitrogen and oxygen atoms in total. The number of benzene rings is 2. The van der Waals surface area contributed by atoms with Crippen molar-refractivity contribution in [2.75, 3.05) is 10.6 Å². The molecule has 3 rings (SSSR count). The Morgan fingerprint density at radius 3 is 2.44 bits per heavy atom. The van der Waals surface area contributed by atoms with E-state index in [1.165, 1.54) is 24.3 Å². The van der Waals surface area contributed by atoms with Gasteiger partial charge < -0.3 is 10.6 Å². The van der Waals surface area contributed by atoms with Gasteiger partial charge in [0.05, 0.1) is 6.42 Å². The Labute approximate surface area is 148 Å². The van der Waals surface area contributed by atoms with Crippen molar-refractivity contribution in [2.24, 2.45) is 4.99 Å². The number of guanidine groups is 1. The molecule has 128 valence electrons. The lowest BCUT2D eigenvalue weighted by Crippen LogP contribution is -2.45. The highest BCUT2D eigenvalue weighted by Crippen LogP contribution is 2.16. The number of aliphatic imine (C=N–C) groups is 1. The fourth-order valence-electron chi connectivity index (χ4n) is 2.24. The predicted octanol–water partition coefficient (Wildman–Crippen LogP) is 2.77. The molecule has 0 saturated carbocycles. The van der Waals surface area contributed by atoms with Crippen LogP contribution in [0.5, 0.6) is 0 Å². The Hall–Kier alpha value is -2.93. The quantitative estimate of drug-likeness (QED) is 0.787. The Balaban J connectivity index is 1.71. The van der Waals surface area contributed by atoms with Crippen molar-refractivity contribution in [3.8, 4) is 0 Å². The second-order valence-electron chi connectivity index (χ2n) is 5.37. The molecule has 0 aromatic heterocycles. The van der Waals surface area contributed by atoms with E-state index >= 15 is 0 Å². The van der Waals surface area contributed by atoms with E-state index in [-0.39, 0.29) is 24.1 Å². The molecule has 0 saturated heterocycles. The van der Waals surface area contributed by atoms with Crippen molar-refractivity contribution in [2.45, 2.75) is 12.5 Å². The topological polar surface area (TPSA) is 82.6 Å². The summed E-state index contributed by atoms with van der Waals surface area (Å²) in [6, 6.07) is 11.3. The molecule has 1 atom stereocenters. The van der Waals surface area contributed by atoms with Gasteiger partial charge in [-0.1, -0.05) is 11.6 Å². The van der Waals surface area contributed by atoms with Gasteiger partial charge in [-0.25, -0.2) is 9.38 Å². The molecule has 1 heterocycles. The number of halogens is 2. The monoisotopic (exact) mass is 360 g/mol. The first-order valence-corrected chi connectivity index (χ1v) is 7.84. The number of nitrogens with zero attached hydrogens (tertiary/aromatic N) is 1. The summed E-state index contributed by atoms with van der Waals surface area (Å²) in [5.74, 6) is -0.981. The maximum atomic E-state index is 12.9. The maximum absolute atomic E-state index is 12.9. The molecule has 2 aromatic carbocycles. The Morgan fingerprint density at radius 1 is 1.12 bits per heavy atom. The Morgan fingerprint density at radius 2 is 1.76 bits per heavy atom. The zero-order chi connectivity index (χ0) is 17.8. The molecular formula is C17H14ClFN4O2. The van der Waals surface area contributed by atoms with Gasteiger partial charge in [0, 0.05) is 16.4 Å². The summed E-state index contributed by atoms with van der Waals surface area (Å²) < 4.78 is 12.9. The molecule has 0 fully saturated rings. The number of hydrogen-bond donors (Lipinski definition) is 3. The fraction of sp³-hybridized carbons (Fsp3) is 0.118. The van der Waals surface area contributed by atoms with Gasteiger partial charge in [-0.2, -0.15) is 0 Å². The number of nitrogens with one attached hydrogen (secondary N) is 3. The average Bonchev–Trinajstić information content (AvgIpc) is 2.58. The van der Waals surface area contributed by atoms with Crippen LogP contribution in [0.2, 0.25) is 5.02 Å². The average molecular weight is 361 g/mol. The van der Waals surface area contributed by atoms with Crippen molar-refractivity contribution in [1.82, 2.24) is 5.32 Å². The number of carbonyl (C=O) groups excluding carboxylic acids is 2. The molecule has 0 radical (unpaired) electrons. The van der Waals surface area contributed by atoms with Crippen molar-refractivity contribution >= 4 is 40.7 Å². The minimum Gasteiger partial charge on any atom is -0.326 e. The first-order valence-electron chi connectivity index (χ1n) is 7.46. The number of carbonyl (C=O) groups is 2. The highest BCUT2D eigenvalue weighted by atomic mass is 35.5. The molecule has 3 N–H and O–H groups in total. The van der Waals surface area contributed by atoms with E-state index < -0.39 is 11.9 Å². The van der Waals surface area contributed by atoms with Crippen molar-refractivity contribution in [3.05, 3.63) is 59.4 Å². The lowest BCUT2D eigenvalue weighted by molar-refractivity contribution is -0.124. The molecule has 0 unspecified atom stereocenters. The largest absolute Gasteiger partial charge is 0.326 e. The smallest absolute Gasteiger partial charge is 0.249 e. The van der Waals surface area contributed by atoms with Crippen molar-refractivity contribution in [1.29, 1.82) is 0 Å². The molecule has 2 aromatic rings. The van der Waals surface area contributed by atoms with E-state index in [1.807, 2.05) is 0 Å². The third kappa shape index (κ3) is 4.54. The molecule has 1 aliphatic rings. The van der Waals surface area contributed by atoms with E-state index in [9.17, 15) is 14.0 Å². The summed E-state index contributed by atoms with van der Waals surface area (Å²) >= 11 is 5.80. The standard InChI is InChI=1S/C17H14ClFN4O2/c18-10-1-5-12(6-2-10)20-16(25)14-9-15(24)23-17(22-14)21-13-7-3-11(19)4-8-13/h1-8,14H,9H2,(H,20,25)(H2,21,22,23,24)/t14-/m1/s1. The molecule has 2 amide bonds. The lowest BCUT2D eigenvalue weighted by Gasteiger charge is -2.21. The number of amides is 2. The number of anilines is 2. The first kappa shape index (κ1) is 16.9. The van der Waals surface area contributed by atoms with Crippen LogP contribution in [-0.4, -0.2) is 23.8 Å². The van der Waals surface area contributed by atoms with Crippen LogP contribution < -0.4 is 16.0 Å². The molecule has 0 bridgehead atoms. The summed E-state index contributed by atoms with van der Waals surface area (Å²) in [7, 11) is 0. The summed E-state index contributed by atoms with van der Waals surface area (Å²) in [4.78, 5) is 28.4. The molecule has 25 heavy (non-hydrogen) atoms. The van der Waals surface area contributed by atoms with Crippen molar-refractivity contribution in [3.63, 3.8) is 0 Å². The number of rotatable bonds is 3. The molecule has 0 spiro atoms.